The van der Waals surface area contributed by atoms with E-state index in [2.05, 4.69) is 12.2 Å². The Balaban J connectivity index is 4.06. The molecule has 0 saturated heterocycles. The molecule has 0 radical (unpaired) electrons. The summed E-state index contributed by atoms with van der Waals surface area (Å²) in [4.78, 5) is 60.7. The highest BCUT2D eigenvalue weighted by molar-refractivity contribution is 7.84. The van der Waals surface area contributed by atoms with Crippen molar-refractivity contribution in [2.45, 2.75) is 142 Å². The predicted octanol–water partition coefficient (Wildman–Crippen LogP) is 6.50. The number of unbranched alkanes of at least 4 members (excludes halogenated alkanes) is 13. The fourth-order valence-electron chi connectivity index (χ4n) is 4.44. The van der Waals surface area contributed by atoms with Crippen molar-refractivity contribution in [3.05, 3.63) is 0 Å². The molecule has 8 heteroatoms. The molecule has 1 amide bonds. The number of carbonyl (C=O) groups is 4. The molecule has 2 atom stereocenters. The number of nitrogens with zero attached hydrogens (tertiary/aromatic N) is 1. The van der Waals surface area contributed by atoms with Gasteiger partial charge in [0.25, 0.3) is 0 Å². The van der Waals surface area contributed by atoms with Crippen LogP contribution in [0.4, 0.5) is 0 Å². The second-order valence-corrected chi connectivity index (χ2v) is 12.3. The van der Waals surface area contributed by atoms with Gasteiger partial charge in [0, 0.05) is 38.6 Å². The molecule has 0 aliphatic rings. The first-order chi connectivity index (χ1) is 17.7. The summed E-state index contributed by atoms with van der Waals surface area (Å²) in [5, 5.41) is 2.65. The van der Waals surface area contributed by atoms with Gasteiger partial charge >= 0.3 is 0 Å². The van der Waals surface area contributed by atoms with Crippen LogP contribution in [0.25, 0.3) is 0 Å². The lowest BCUT2D eigenvalue weighted by atomic mass is 10.0. The van der Waals surface area contributed by atoms with E-state index in [1.807, 2.05) is 19.0 Å². The molecule has 0 aromatic rings. The van der Waals surface area contributed by atoms with Gasteiger partial charge in [-0.15, -0.1) is 0 Å². The zero-order chi connectivity index (χ0) is 27.9. The average Bonchev–Trinajstić information content (AvgIpc) is 2.82. The smallest absolute Gasteiger partial charge is 0.217 e. The fraction of sp³-hybridized carbons (Fsp3) is 0.862. The van der Waals surface area contributed by atoms with Crippen molar-refractivity contribution in [3.63, 3.8) is 0 Å². The minimum atomic E-state index is -2.40. The van der Waals surface area contributed by atoms with Gasteiger partial charge in [-0.05, 0) is 33.5 Å². The largest absolute Gasteiger partial charge is 0.360 e. The Morgan fingerprint density at radius 3 is 1.65 bits per heavy atom. The monoisotopic (exact) mass is 542 g/mol. The summed E-state index contributed by atoms with van der Waals surface area (Å²) in [6, 6.07) is -0.670. The minimum Gasteiger partial charge on any atom is -0.360 e. The first-order valence-corrected chi connectivity index (χ1v) is 15.9. The van der Waals surface area contributed by atoms with Gasteiger partial charge in [0.2, 0.25) is 5.91 Å². The van der Waals surface area contributed by atoms with E-state index >= 15 is 0 Å². The Labute approximate surface area is 227 Å². The van der Waals surface area contributed by atoms with Crippen LogP contribution in [-0.2, 0) is 19.2 Å². The Kier molecular flexibility index (Phi) is 23.2. The molecule has 2 N–H and O–H groups in total. The lowest BCUT2D eigenvalue weighted by Gasteiger charge is -2.18. The number of amides is 1. The number of hydrogen-bond acceptors (Lipinski definition) is 6. The highest BCUT2D eigenvalue weighted by Crippen LogP contribution is 2.36. The molecule has 2 unspecified atom stereocenters. The van der Waals surface area contributed by atoms with Crippen LogP contribution in [0.2, 0.25) is 0 Å². The van der Waals surface area contributed by atoms with Crippen LogP contribution in [0, 0.1) is 0 Å². The second kappa shape index (κ2) is 23.9. The molecular weight excluding hydrogens is 487 g/mol. The Morgan fingerprint density at radius 2 is 1.19 bits per heavy atom. The predicted molar refractivity (Wildman–Crippen MR) is 154 cm³/mol. The summed E-state index contributed by atoms with van der Waals surface area (Å²) in [6.45, 7) is 4.29. The van der Waals surface area contributed by atoms with E-state index in [4.69, 9.17) is 0 Å². The third kappa shape index (κ3) is 22.5. The molecule has 0 heterocycles. The summed E-state index contributed by atoms with van der Waals surface area (Å²) < 4.78 is 0. The molecule has 0 rings (SSSR count). The van der Waals surface area contributed by atoms with E-state index in [0.29, 0.717) is 19.4 Å². The number of rotatable bonds is 26. The minimum absolute atomic E-state index is 0.00469. The maximum absolute atomic E-state index is 12.5. The van der Waals surface area contributed by atoms with E-state index in [-0.39, 0.29) is 31.0 Å². The van der Waals surface area contributed by atoms with E-state index in [9.17, 15) is 24.1 Å². The van der Waals surface area contributed by atoms with Crippen LogP contribution in [0.1, 0.15) is 136 Å². The molecule has 0 aromatic heterocycles. The van der Waals surface area contributed by atoms with Gasteiger partial charge in [-0.3, -0.25) is 19.2 Å². The van der Waals surface area contributed by atoms with E-state index in [0.717, 1.165) is 19.3 Å². The van der Waals surface area contributed by atoms with Crippen LogP contribution in [0.5, 0.6) is 0 Å². The zero-order valence-electron chi connectivity index (χ0n) is 24.2. The number of carbonyl (C=O) groups excluding carboxylic acids is 4. The number of Topliss-reactive ketones (excluding diaryl/α,β-unsaturated/α-hetero) is 1. The molecule has 0 spiro atoms. The zero-order valence-corrected chi connectivity index (χ0v) is 25.1. The average molecular weight is 543 g/mol. The SMILES string of the molecule is CCCCCCCCCCCCCCCCC(=O)CC(CC(=O)P(O)C(=O)CCCN(C)C)NC(C)=O. The second-order valence-electron chi connectivity index (χ2n) is 10.7. The van der Waals surface area contributed by atoms with Crippen LogP contribution >= 0.6 is 8.15 Å². The molecule has 37 heavy (non-hydrogen) atoms. The quantitative estimate of drug-likeness (QED) is 0.0956. The van der Waals surface area contributed by atoms with Crippen molar-refractivity contribution in [2.24, 2.45) is 0 Å². The molecule has 216 valence electrons. The van der Waals surface area contributed by atoms with Crippen molar-refractivity contribution in [1.29, 1.82) is 0 Å². The topological polar surface area (TPSA) is 104 Å². The number of ketones is 1. The summed E-state index contributed by atoms with van der Waals surface area (Å²) >= 11 is 0. The number of hydrogen-bond donors (Lipinski definition) is 2. The van der Waals surface area contributed by atoms with Crippen LogP contribution < -0.4 is 5.32 Å². The Hall–Kier alpha value is -1.17. The molecule has 0 aliphatic heterocycles. The van der Waals surface area contributed by atoms with Crippen LogP contribution in [0.15, 0.2) is 0 Å². The van der Waals surface area contributed by atoms with Gasteiger partial charge in [0.05, 0.1) is 0 Å². The normalized spacial score (nSPS) is 12.9. The maximum Gasteiger partial charge on any atom is 0.217 e. The molecule has 0 fully saturated rings. The third-order valence-electron chi connectivity index (χ3n) is 6.58. The number of nitrogens with one attached hydrogen (secondary N) is 1. The van der Waals surface area contributed by atoms with Gasteiger partial charge in [-0.2, -0.15) is 0 Å². The van der Waals surface area contributed by atoms with Crippen molar-refractivity contribution in [3.8, 4) is 0 Å². The van der Waals surface area contributed by atoms with E-state index < -0.39 is 25.2 Å². The Morgan fingerprint density at radius 1 is 0.703 bits per heavy atom. The third-order valence-corrected chi connectivity index (χ3v) is 7.93. The fourth-order valence-corrected chi connectivity index (χ4v) is 5.49. The van der Waals surface area contributed by atoms with Gasteiger partial charge in [-0.1, -0.05) is 90.4 Å². The summed E-state index contributed by atoms with van der Waals surface area (Å²) in [7, 11) is 1.38. The summed E-state index contributed by atoms with van der Waals surface area (Å²) in [6.07, 6.45) is 18.6. The van der Waals surface area contributed by atoms with Gasteiger partial charge in [0.1, 0.15) is 5.78 Å². The highest BCUT2D eigenvalue weighted by atomic mass is 31.1. The van der Waals surface area contributed by atoms with Crippen molar-refractivity contribution in [2.75, 3.05) is 20.6 Å². The molecule has 0 aromatic carbocycles. The van der Waals surface area contributed by atoms with Crippen molar-refractivity contribution in [1.82, 2.24) is 10.2 Å². The highest BCUT2D eigenvalue weighted by Gasteiger charge is 2.27. The van der Waals surface area contributed by atoms with Gasteiger partial charge in [0.15, 0.2) is 19.2 Å². The molecule has 0 saturated carbocycles. The Bertz CT molecular complexity index is 642. The first kappa shape index (κ1) is 35.8. The van der Waals surface area contributed by atoms with Gasteiger partial charge < -0.3 is 15.1 Å². The molecule has 0 aliphatic carbocycles. The lowest BCUT2D eigenvalue weighted by molar-refractivity contribution is -0.122. The standard InChI is InChI=1S/C29H55N2O5P/c1-5-6-7-8-9-10-11-12-13-14-15-16-17-18-20-27(33)23-26(30-25(2)32)24-29(35)37(36)28(34)21-19-22-31(3)4/h26,36H,5-24H2,1-4H3,(H,30,32). The summed E-state index contributed by atoms with van der Waals surface area (Å²) in [5.74, 6) is -0.327. The van der Waals surface area contributed by atoms with E-state index in [1.165, 1.54) is 77.6 Å². The van der Waals surface area contributed by atoms with Crippen molar-refractivity contribution < 1.29 is 24.1 Å². The molecule has 7 nitrogen and oxygen atoms in total. The first-order valence-electron chi connectivity index (χ1n) is 14.7. The molecule has 0 bridgehead atoms. The maximum atomic E-state index is 12.5. The van der Waals surface area contributed by atoms with Crippen LogP contribution in [-0.4, -0.2) is 59.2 Å². The van der Waals surface area contributed by atoms with E-state index in [1.54, 1.807) is 0 Å². The molecular formula is C29H55N2O5P. The lowest BCUT2D eigenvalue weighted by Crippen LogP contribution is -2.36. The van der Waals surface area contributed by atoms with Crippen molar-refractivity contribution >= 4 is 30.9 Å². The summed E-state index contributed by atoms with van der Waals surface area (Å²) in [5.41, 5.74) is -1.02. The van der Waals surface area contributed by atoms with Gasteiger partial charge in [-0.25, -0.2) is 0 Å². The van der Waals surface area contributed by atoms with Crippen LogP contribution in [0.3, 0.4) is 0 Å².